The fourth-order valence-corrected chi connectivity index (χ4v) is 1.94. The van der Waals surface area contributed by atoms with Gasteiger partial charge in [0.15, 0.2) is 13.1 Å². The van der Waals surface area contributed by atoms with Crippen LogP contribution < -0.4 is 11.4 Å². The quantitative estimate of drug-likeness (QED) is 0.153. The maximum Gasteiger partial charge on any atom is 0.328 e. The third-order valence-electron chi connectivity index (χ3n) is 2.80. The number of nitrogens with two attached hydrogens (primary N) is 1. The smallest absolute Gasteiger partial charge is 0.328 e. The number of carbonyl (C=O) groups is 1. The summed E-state index contributed by atoms with van der Waals surface area (Å²) in [5, 5.41) is 31.1. The highest BCUT2D eigenvalue weighted by Gasteiger charge is 2.25. The molecule has 0 saturated carbocycles. The van der Waals surface area contributed by atoms with Crippen molar-refractivity contribution >= 4 is 18.2 Å². The zero-order chi connectivity index (χ0) is 24.1. The molecule has 1 unspecified atom stereocenters. The van der Waals surface area contributed by atoms with E-state index in [4.69, 9.17) is 44.4 Å². The fraction of sp³-hybridized carbons (Fsp3) is 0.611. The van der Waals surface area contributed by atoms with E-state index in [0.717, 1.165) is 14.2 Å². The number of hydrogen-bond donors (Lipinski definition) is 6. The predicted molar refractivity (Wildman–Crippen MR) is 114 cm³/mol. The molecule has 2 atom stereocenters. The lowest BCUT2D eigenvalue weighted by atomic mass is 10.3. The Morgan fingerprint density at radius 3 is 2.27 bits per heavy atom. The van der Waals surface area contributed by atoms with E-state index in [2.05, 4.69) is 29.5 Å². The van der Waals surface area contributed by atoms with Gasteiger partial charge in [-0.15, -0.1) is 6.42 Å². The molecule has 1 fully saturated rings. The first kappa shape index (κ1) is 32.6. The second-order valence-electron chi connectivity index (χ2n) is 5.03. The van der Waals surface area contributed by atoms with Gasteiger partial charge in [-0.3, -0.25) is 14.3 Å². The second kappa shape index (κ2) is 21.6. The molecule has 0 radical (unpaired) electrons. The van der Waals surface area contributed by atoms with Crippen LogP contribution in [0, 0.1) is 17.0 Å². The summed E-state index contributed by atoms with van der Waals surface area (Å²) in [6.45, 7) is 3.48. The van der Waals surface area contributed by atoms with E-state index < -0.39 is 25.3 Å². The van der Waals surface area contributed by atoms with Crippen LogP contribution >= 0.6 is 12.2 Å². The van der Waals surface area contributed by atoms with Crippen LogP contribution in [0.1, 0.15) is 44.9 Å². The Labute approximate surface area is 181 Å². The van der Waals surface area contributed by atoms with Crippen LogP contribution in [0.25, 0.3) is 0 Å². The van der Waals surface area contributed by atoms with Gasteiger partial charge in [0.25, 0.3) is 0 Å². The fourth-order valence-electron chi connectivity index (χ4n) is 1.74. The van der Waals surface area contributed by atoms with E-state index >= 15 is 0 Å². The first-order chi connectivity index (χ1) is 14.3. The van der Waals surface area contributed by atoms with E-state index in [0.29, 0.717) is 18.4 Å². The van der Waals surface area contributed by atoms with Crippen LogP contribution in [0.15, 0.2) is 11.0 Å². The number of esters is 1. The zero-order valence-electron chi connectivity index (χ0n) is 17.7. The Morgan fingerprint density at radius 2 is 1.93 bits per heavy atom. The molecule has 11 nitrogen and oxygen atoms in total. The number of hydrogen-bond acceptors (Lipinski definition) is 10. The Bertz CT molecular complexity index is 715. The van der Waals surface area contributed by atoms with E-state index in [1.807, 2.05) is 0 Å². The van der Waals surface area contributed by atoms with E-state index in [1.165, 1.54) is 17.2 Å². The van der Waals surface area contributed by atoms with Crippen molar-refractivity contribution in [3.05, 3.63) is 26.9 Å². The molecular formula is C18H33N3O8S. The molecule has 1 aliphatic heterocycles. The highest BCUT2D eigenvalue weighted by atomic mass is 32.1. The molecule has 0 amide bonds. The molecule has 30 heavy (non-hydrogen) atoms. The standard InChI is InChI=1S/C10H10N2O3S.C3H7NO3.C3H8.2CH4O/c1-2-6-5-12(10(14)11-9(6)16)7-3-4-8(13)15-7;4-1-3(6)7-2-5;1-3-2;2*1-2/h1,5,7-8,13H,3-4H2,(H,11,14,16);5H,1-2,4H2;3H2,1-2H3;2*2H,1H3/t7?,8-;;;;/m0..../s1. The molecule has 0 aliphatic carbocycles. The number of aromatic nitrogens is 2. The first-order valence-electron chi connectivity index (χ1n) is 8.86. The van der Waals surface area contributed by atoms with Crippen LogP contribution in [-0.2, 0) is 14.3 Å². The summed E-state index contributed by atoms with van der Waals surface area (Å²) in [4.78, 5) is 24.0. The lowest BCUT2D eigenvalue weighted by Crippen LogP contribution is -2.27. The molecule has 0 aromatic carbocycles. The number of nitrogens with zero attached hydrogens (tertiary/aromatic N) is 1. The number of aromatic amines is 1. The van der Waals surface area contributed by atoms with Gasteiger partial charge >= 0.3 is 11.7 Å². The van der Waals surface area contributed by atoms with Gasteiger partial charge < -0.3 is 35.6 Å². The number of H-pyrrole nitrogens is 1. The highest BCUT2D eigenvalue weighted by molar-refractivity contribution is 7.71. The van der Waals surface area contributed by atoms with Gasteiger partial charge in [-0.1, -0.05) is 38.4 Å². The minimum atomic E-state index is -0.825. The second-order valence-corrected chi connectivity index (χ2v) is 5.44. The minimum absolute atomic E-state index is 0.180. The van der Waals surface area contributed by atoms with Crippen LogP contribution in [0.2, 0.25) is 0 Å². The van der Waals surface area contributed by atoms with Gasteiger partial charge in [-0.2, -0.15) is 0 Å². The molecule has 174 valence electrons. The molecular weight excluding hydrogens is 418 g/mol. The number of nitrogens with one attached hydrogen (secondary N) is 1. The van der Waals surface area contributed by atoms with Crippen molar-refractivity contribution in [1.29, 1.82) is 0 Å². The molecule has 1 aromatic heterocycles. The molecule has 2 heterocycles. The van der Waals surface area contributed by atoms with Crippen molar-refractivity contribution in [2.75, 3.05) is 27.6 Å². The zero-order valence-corrected chi connectivity index (χ0v) is 18.5. The summed E-state index contributed by atoms with van der Waals surface area (Å²) in [7, 11) is 2.00. The summed E-state index contributed by atoms with van der Waals surface area (Å²) in [5.41, 5.74) is 4.82. The van der Waals surface area contributed by atoms with Crippen molar-refractivity contribution in [3.63, 3.8) is 0 Å². The van der Waals surface area contributed by atoms with Crippen molar-refractivity contribution < 1.29 is 34.7 Å². The number of carbonyl (C=O) groups excluding carboxylic acids is 1. The summed E-state index contributed by atoms with van der Waals surface area (Å²) in [5.74, 6) is 1.79. The van der Waals surface area contributed by atoms with Crippen LogP contribution in [0.5, 0.6) is 0 Å². The van der Waals surface area contributed by atoms with Gasteiger partial charge in [-0.25, -0.2) is 4.79 Å². The number of terminal acetylenes is 1. The van der Waals surface area contributed by atoms with Crippen molar-refractivity contribution in [2.24, 2.45) is 5.73 Å². The van der Waals surface area contributed by atoms with E-state index in [9.17, 15) is 14.7 Å². The molecule has 0 spiro atoms. The number of aliphatic hydroxyl groups is 4. The van der Waals surface area contributed by atoms with Crippen molar-refractivity contribution in [3.8, 4) is 12.3 Å². The molecule has 2 rings (SSSR count). The minimum Gasteiger partial charge on any atom is -0.438 e. The third-order valence-corrected chi connectivity index (χ3v) is 3.12. The summed E-state index contributed by atoms with van der Waals surface area (Å²) in [6, 6.07) is 0. The van der Waals surface area contributed by atoms with Gasteiger partial charge in [0, 0.05) is 26.8 Å². The number of ether oxygens (including phenoxy) is 2. The Morgan fingerprint density at radius 1 is 1.40 bits per heavy atom. The molecule has 0 bridgehead atoms. The average molecular weight is 452 g/mol. The third kappa shape index (κ3) is 14.0. The lowest BCUT2D eigenvalue weighted by Gasteiger charge is -2.13. The van der Waals surface area contributed by atoms with Crippen LogP contribution in [0.4, 0.5) is 0 Å². The van der Waals surface area contributed by atoms with Crippen molar-refractivity contribution in [2.45, 2.75) is 45.6 Å². The Hall–Kier alpha value is -2.11. The summed E-state index contributed by atoms with van der Waals surface area (Å²) >= 11 is 4.89. The maximum absolute atomic E-state index is 11.6. The Balaban J connectivity index is -0.000000438. The largest absolute Gasteiger partial charge is 0.438 e. The molecule has 1 saturated heterocycles. The SMILES string of the molecule is C#Cc1cn(C2CC[C@@H](O)O2)c(=O)[nH]c1=S.CCC.CO.CO.NCC(=O)OCO. The number of aliphatic hydroxyl groups excluding tert-OH is 4. The van der Waals surface area contributed by atoms with Gasteiger partial charge in [-0.05, 0) is 6.42 Å². The molecule has 1 aromatic rings. The first-order valence-corrected chi connectivity index (χ1v) is 9.26. The molecule has 1 aliphatic rings. The molecule has 7 N–H and O–H groups in total. The van der Waals surface area contributed by atoms with Crippen molar-refractivity contribution in [1.82, 2.24) is 9.55 Å². The predicted octanol–water partition coefficient (Wildman–Crippen LogP) is -0.414. The summed E-state index contributed by atoms with van der Waals surface area (Å²) < 4.78 is 10.7. The van der Waals surface area contributed by atoms with Crippen LogP contribution in [0.3, 0.4) is 0 Å². The highest BCUT2D eigenvalue weighted by Crippen LogP contribution is 2.25. The van der Waals surface area contributed by atoms with Gasteiger partial charge in [0.05, 0.1) is 12.1 Å². The maximum atomic E-state index is 11.6. The molecule has 12 heteroatoms. The van der Waals surface area contributed by atoms with Gasteiger partial charge in [0.1, 0.15) is 10.9 Å². The van der Waals surface area contributed by atoms with Crippen LogP contribution in [-0.4, -0.2) is 69.8 Å². The normalized spacial score (nSPS) is 15.9. The summed E-state index contributed by atoms with van der Waals surface area (Å²) in [6.07, 6.45) is 7.73. The average Bonchev–Trinajstić information content (AvgIpc) is 3.18. The number of rotatable bonds is 3. The van der Waals surface area contributed by atoms with E-state index in [1.54, 1.807) is 0 Å². The monoisotopic (exact) mass is 451 g/mol. The topological polar surface area (TPSA) is 180 Å². The lowest BCUT2D eigenvalue weighted by molar-refractivity contribution is -0.149. The Kier molecular flexibility index (Phi) is 23.4. The van der Waals surface area contributed by atoms with E-state index in [-0.39, 0.29) is 16.9 Å². The van der Waals surface area contributed by atoms with Gasteiger partial charge in [0.2, 0.25) is 0 Å².